The molecule has 0 saturated heterocycles. The smallest absolute Gasteiger partial charge is 0.351 e. The van der Waals surface area contributed by atoms with Crippen molar-refractivity contribution in [2.75, 3.05) is 19.1 Å². The van der Waals surface area contributed by atoms with Crippen molar-refractivity contribution in [2.45, 2.75) is 13.0 Å². The lowest BCUT2D eigenvalue weighted by atomic mass is 10.1. The van der Waals surface area contributed by atoms with Crippen LogP contribution in [0, 0.1) is 5.82 Å². The Morgan fingerprint density at radius 3 is 2.62 bits per heavy atom. The molecule has 1 unspecified atom stereocenters. The standard InChI is InChI=1S/C14H14ClFN2O2S/c1-8(9-4-6-10(16)7-5-9)18(2)14-17-12(15)11(21-14)13(19)20-3/h4-8H,1-3H3. The molecule has 21 heavy (non-hydrogen) atoms. The summed E-state index contributed by atoms with van der Waals surface area (Å²) in [5.41, 5.74) is 0.935. The van der Waals surface area contributed by atoms with Gasteiger partial charge in [-0.15, -0.1) is 0 Å². The van der Waals surface area contributed by atoms with E-state index in [1.165, 1.54) is 19.2 Å². The van der Waals surface area contributed by atoms with Gasteiger partial charge >= 0.3 is 5.97 Å². The van der Waals surface area contributed by atoms with Crippen molar-refractivity contribution in [3.05, 3.63) is 45.7 Å². The first-order valence-corrected chi connectivity index (χ1v) is 7.36. The first-order chi connectivity index (χ1) is 9.93. The number of thiazole rings is 1. The molecule has 2 rings (SSSR count). The lowest BCUT2D eigenvalue weighted by Crippen LogP contribution is -2.21. The predicted molar refractivity (Wildman–Crippen MR) is 81.7 cm³/mol. The second-order valence-corrected chi connectivity index (χ2v) is 5.78. The van der Waals surface area contributed by atoms with Gasteiger partial charge in [0.25, 0.3) is 0 Å². The summed E-state index contributed by atoms with van der Waals surface area (Å²) < 4.78 is 17.6. The number of aromatic nitrogens is 1. The normalized spacial score (nSPS) is 12.0. The molecule has 0 bridgehead atoms. The molecule has 1 atom stereocenters. The molecule has 4 nitrogen and oxygen atoms in total. The summed E-state index contributed by atoms with van der Waals surface area (Å²) in [6.45, 7) is 1.96. The molecule has 7 heteroatoms. The summed E-state index contributed by atoms with van der Waals surface area (Å²) in [5.74, 6) is -0.787. The van der Waals surface area contributed by atoms with Crippen LogP contribution in [-0.2, 0) is 4.74 Å². The average Bonchev–Trinajstić information content (AvgIpc) is 2.87. The number of nitrogens with zero attached hydrogens (tertiary/aromatic N) is 2. The largest absolute Gasteiger partial charge is 0.465 e. The highest BCUT2D eigenvalue weighted by Crippen LogP contribution is 2.33. The molecular weight excluding hydrogens is 315 g/mol. The number of carbonyl (C=O) groups is 1. The lowest BCUT2D eigenvalue weighted by Gasteiger charge is -2.24. The Morgan fingerprint density at radius 1 is 1.43 bits per heavy atom. The van der Waals surface area contributed by atoms with Gasteiger partial charge in [0.05, 0.1) is 13.2 Å². The molecule has 0 N–H and O–H groups in total. The Bertz CT molecular complexity index is 645. The summed E-state index contributed by atoms with van der Waals surface area (Å²) in [4.78, 5) is 17.9. The van der Waals surface area contributed by atoms with E-state index in [1.807, 2.05) is 18.9 Å². The minimum Gasteiger partial charge on any atom is -0.465 e. The number of esters is 1. The fourth-order valence-electron chi connectivity index (χ4n) is 1.79. The van der Waals surface area contributed by atoms with E-state index in [-0.39, 0.29) is 21.9 Å². The zero-order chi connectivity index (χ0) is 15.6. The van der Waals surface area contributed by atoms with Crippen LogP contribution < -0.4 is 4.90 Å². The Hall–Kier alpha value is -1.66. The van der Waals surface area contributed by atoms with Crippen molar-refractivity contribution in [1.29, 1.82) is 0 Å². The van der Waals surface area contributed by atoms with E-state index in [4.69, 9.17) is 11.6 Å². The Morgan fingerprint density at radius 2 is 2.05 bits per heavy atom. The van der Waals surface area contributed by atoms with E-state index in [0.717, 1.165) is 16.9 Å². The molecular formula is C14H14ClFN2O2S. The highest BCUT2D eigenvalue weighted by atomic mass is 35.5. The van der Waals surface area contributed by atoms with Crippen LogP contribution in [0.2, 0.25) is 5.15 Å². The molecule has 0 amide bonds. The molecule has 0 spiro atoms. The van der Waals surface area contributed by atoms with E-state index < -0.39 is 5.97 Å². The van der Waals surface area contributed by atoms with Crippen molar-refractivity contribution in [2.24, 2.45) is 0 Å². The number of rotatable bonds is 4. The maximum absolute atomic E-state index is 13.0. The minimum absolute atomic E-state index is 0.0432. The predicted octanol–water partition coefficient (Wildman–Crippen LogP) is 3.92. The van der Waals surface area contributed by atoms with Crippen LogP contribution in [-0.4, -0.2) is 25.1 Å². The zero-order valence-electron chi connectivity index (χ0n) is 11.8. The van der Waals surface area contributed by atoms with Gasteiger partial charge in [-0.05, 0) is 24.6 Å². The average molecular weight is 329 g/mol. The van der Waals surface area contributed by atoms with Crippen LogP contribution in [0.15, 0.2) is 24.3 Å². The fraction of sp³-hybridized carbons (Fsp3) is 0.286. The minimum atomic E-state index is -0.508. The van der Waals surface area contributed by atoms with Crippen LogP contribution in [0.25, 0.3) is 0 Å². The molecule has 0 saturated carbocycles. The van der Waals surface area contributed by atoms with Crippen molar-refractivity contribution in [3.63, 3.8) is 0 Å². The first-order valence-electron chi connectivity index (χ1n) is 6.17. The Labute approximate surface area is 131 Å². The summed E-state index contributed by atoms with van der Waals surface area (Å²) in [6, 6.07) is 6.21. The number of benzene rings is 1. The molecule has 112 valence electrons. The number of carbonyl (C=O) groups excluding carboxylic acids is 1. The fourth-order valence-corrected chi connectivity index (χ4v) is 3.03. The topological polar surface area (TPSA) is 42.4 Å². The zero-order valence-corrected chi connectivity index (χ0v) is 13.3. The molecule has 0 aliphatic rings. The van der Waals surface area contributed by atoms with Gasteiger partial charge in [0.2, 0.25) is 0 Å². The van der Waals surface area contributed by atoms with Crippen LogP contribution in [0.5, 0.6) is 0 Å². The molecule has 1 heterocycles. The molecule has 0 fully saturated rings. The van der Waals surface area contributed by atoms with Crippen molar-refractivity contribution < 1.29 is 13.9 Å². The van der Waals surface area contributed by atoms with Gasteiger partial charge in [-0.25, -0.2) is 14.2 Å². The lowest BCUT2D eigenvalue weighted by molar-refractivity contribution is 0.0606. The van der Waals surface area contributed by atoms with Gasteiger partial charge in [0.1, 0.15) is 5.82 Å². The SMILES string of the molecule is COC(=O)c1sc(N(C)C(C)c2ccc(F)cc2)nc1Cl. The van der Waals surface area contributed by atoms with E-state index in [2.05, 4.69) is 9.72 Å². The highest BCUT2D eigenvalue weighted by Gasteiger charge is 2.22. The molecule has 2 aromatic rings. The van der Waals surface area contributed by atoms with E-state index in [1.54, 1.807) is 12.1 Å². The van der Waals surface area contributed by atoms with E-state index in [0.29, 0.717) is 5.13 Å². The molecule has 1 aromatic carbocycles. The van der Waals surface area contributed by atoms with E-state index in [9.17, 15) is 9.18 Å². The number of halogens is 2. The number of methoxy groups -OCH3 is 1. The monoisotopic (exact) mass is 328 g/mol. The molecule has 0 radical (unpaired) electrons. The molecule has 0 aliphatic carbocycles. The quantitative estimate of drug-likeness (QED) is 0.798. The van der Waals surface area contributed by atoms with Gasteiger partial charge in [-0.1, -0.05) is 35.1 Å². The third-order valence-corrected chi connectivity index (χ3v) is 4.69. The van der Waals surface area contributed by atoms with Gasteiger partial charge in [0.15, 0.2) is 15.2 Å². The van der Waals surface area contributed by atoms with Gasteiger partial charge in [-0.2, -0.15) is 0 Å². The maximum Gasteiger partial charge on any atom is 0.351 e. The van der Waals surface area contributed by atoms with Crippen LogP contribution in [0.4, 0.5) is 9.52 Å². The van der Waals surface area contributed by atoms with Crippen LogP contribution in [0.1, 0.15) is 28.2 Å². The second-order valence-electron chi connectivity index (χ2n) is 4.45. The third-order valence-electron chi connectivity index (χ3n) is 3.18. The number of hydrogen-bond acceptors (Lipinski definition) is 5. The van der Waals surface area contributed by atoms with E-state index >= 15 is 0 Å². The number of anilines is 1. The van der Waals surface area contributed by atoms with Crippen molar-refractivity contribution in [3.8, 4) is 0 Å². The van der Waals surface area contributed by atoms with Crippen molar-refractivity contribution >= 4 is 34.0 Å². The first kappa shape index (κ1) is 15.7. The van der Waals surface area contributed by atoms with Crippen molar-refractivity contribution in [1.82, 2.24) is 4.98 Å². The van der Waals surface area contributed by atoms with Gasteiger partial charge < -0.3 is 9.64 Å². The Kier molecular flexibility index (Phi) is 4.80. The summed E-state index contributed by atoms with van der Waals surface area (Å²) in [6.07, 6.45) is 0. The number of hydrogen-bond donors (Lipinski definition) is 0. The molecule has 0 aliphatic heterocycles. The van der Waals surface area contributed by atoms with Crippen LogP contribution >= 0.6 is 22.9 Å². The summed E-state index contributed by atoms with van der Waals surface area (Å²) in [7, 11) is 3.13. The molecule has 1 aromatic heterocycles. The third kappa shape index (κ3) is 3.33. The Balaban J connectivity index is 2.25. The summed E-state index contributed by atoms with van der Waals surface area (Å²) >= 11 is 7.12. The highest BCUT2D eigenvalue weighted by molar-refractivity contribution is 7.18. The second kappa shape index (κ2) is 6.41. The number of ether oxygens (including phenoxy) is 1. The summed E-state index contributed by atoms with van der Waals surface area (Å²) in [5, 5.41) is 0.720. The van der Waals surface area contributed by atoms with Gasteiger partial charge in [0, 0.05) is 7.05 Å². The van der Waals surface area contributed by atoms with Gasteiger partial charge in [-0.3, -0.25) is 0 Å². The maximum atomic E-state index is 13.0. The van der Waals surface area contributed by atoms with Crippen LogP contribution in [0.3, 0.4) is 0 Å².